The second kappa shape index (κ2) is 5.84. The van der Waals surface area contributed by atoms with Crippen molar-refractivity contribution in [2.75, 3.05) is 0 Å². The third-order valence-corrected chi connectivity index (χ3v) is 3.12. The van der Waals surface area contributed by atoms with Crippen molar-refractivity contribution in [3.8, 4) is 22.9 Å². The van der Waals surface area contributed by atoms with Crippen LogP contribution in [0.25, 0.3) is 11.4 Å². The zero-order valence-electron chi connectivity index (χ0n) is 10.5. The van der Waals surface area contributed by atoms with Crippen LogP contribution in [0.1, 0.15) is 0 Å². The third kappa shape index (κ3) is 3.03. The number of nitrogens with zero attached hydrogens (tertiary/aromatic N) is 2. The molecule has 1 aromatic heterocycles. The number of para-hydroxylation sites is 1. The van der Waals surface area contributed by atoms with Gasteiger partial charge in [-0.3, -0.25) is 0 Å². The fraction of sp³-hybridized carbons (Fsp3) is 0. The van der Waals surface area contributed by atoms with Gasteiger partial charge in [-0.15, -0.1) is 0 Å². The van der Waals surface area contributed by atoms with Gasteiger partial charge in [0, 0.05) is 18.0 Å². The molecule has 0 fully saturated rings. The Bertz CT molecular complexity index is 682. The van der Waals surface area contributed by atoms with Crippen molar-refractivity contribution in [2.24, 2.45) is 0 Å². The summed E-state index contributed by atoms with van der Waals surface area (Å²) in [6, 6.07) is 17.4. The van der Waals surface area contributed by atoms with Crippen molar-refractivity contribution in [1.82, 2.24) is 9.97 Å². The van der Waals surface area contributed by atoms with Crippen LogP contribution in [0.5, 0.6) is 11.5 Å². The lowest BCUT2D eigenvalue weighted by molar-refractivity contribution is 0.483. The number of ether oxygens (including phenoxy) is 1. The summed E-state index contributed by atoms with van der Waals surface area (Å²) in [6.07, 6.45) is 3.47. The van der Waals surface area contributed by atoms with Crippen LogP contribution in [0.15, 0.2) is 71.5 Å². The van der Waals surface area contributed by atoms with Gasteiger partial charge in [0.2, 0.25) is 0 Å². The van der Waals surface area contributed by atoms with E-state index in [1.165, 1.54) is 0 Å². The Balaban J connectivity index is 1.79. The average Bonchev–Trinajstić information content (AvgIpc) is 2.50. The SMILES string of the molecule is Brc1cnc(-c2ccc(Oc3ccccc3)cc2)nc1. The average molecular weight is 327 g/mol. The number of aromatic nitrogens is 2. The summed E-state index contributed by atoms with van der Waals surface area (Å²) in [5, 5.41) is 0. The molecule has 98 valence electrons. The van der Waals surface area contributed by atoms with Crippen LogP contribution < -0.4 is 4.74 Å². The largest absolute Gasteiger partial charge is 0.457 e. The normalized spacial score (nSPS) is 10.2. The molecule has 0 N–H and O–H groups in total. The van der Waals surface area contributed by atoms with E-state index in [-0.39, 0.29) is 0 Å². The Morgan fingerprint density at radius 3 is 2.00 bits per heavy atom. The monoisotopic (exact) mass is 326 g/mol. The molecule has 0 aliphatic carbocycles. The summed E-state index contributed by atoms with van der Waals surface area (Å²) in [5.41, 5.74) is 0.956. The van der Waals surface area contributed by atoms with Crippen LogP contribution in [-0.4, -0.2) is 9.97 Å². The topological polar surface area (TPSA) is 35.0 Å². The maximum absolute atomic E-state index is 5.74. The zero-order valence-corrected chi connectivity index (χ0v) is 12.1. The molecule has 0 saturated heterocycles. The molecule has 0 bridgehead atoms. The molecule has 0 atom stereocenters. The number of benzene rings is 2. The van der Waals surface area contributed by atoms with Crippen LogP contribution in [-0.2, 0) is 0 Å². The van der Waals surface area contributed by atoms with Gasteiger partial charge in [-0.05, 0) is 52.3 Å². The van der Waals surface area contributed by atoms with Crippen molar-refractivity contribution in [1.29, 1.82) is 0 Å². The summed E-state index contributed by atoms with van der Waals surface area (Å²) in [6.45, 7) is 0. The van der Waals surface area contributed by atoms with Crippen LogP contribution in [0.2, 0.25) is 0 Å². The van der Waals surface area contributed by atoms with E-state index in [2.05, 4.69) is 25.9 Å². The lowest BCUT2D eigenvalue weighted by Gasteiger charge is -2.06. The van der Waals surface area contributed by atoms with Gasteiger partial charge in [-0.25, -0.2) is 9.97 Å². The molecule has 3 rings (SSSR count). The molecule has 3 aromatic rings. The zero-order chi connectivity index (χ0) is 13.8. The maximum Gasteiger partial charge on any atom is 0.159 e. The van der Waals surface area contributed by atoms with Crippen LogP contribution in [0, 0.1) is 0 Å². The lowest BCUT2D eigenvalue weighted by atomic mass is 10.2. The lowest BCUT2D eigenvalue weighted by Crippen LogP contribution is -1.88. The predicted molar refractivity (Wildman–Crippen MR) is 81.7 cm³/mol. The second-order valence-corrected chi connectivity index (χ2v) is 5.08. The smallest absolute Gasteiger partial charge is 0.159 e. The Labute approximate surface area is 125 Å². The highest BCUT2D eigenvalue weighted by atomic mass is 79.9. The Hall–Kier alpha value is -2.20. The van der Waals surface area contributed by atoms with E-state index in [1.807, 2.05) is 54.6 Å². The first-order chi connectivity index (χ1) is 9.81. The van der Waals surface area contributed by atoms with E-state index in [9.17, 15) is 0 Å². The number of hydrogen-bond acceptors (Lipinski definition) is 3. The third-order valence-electron chi connectivity index (χ3n) is 2.71. The fourth-order valence-electron chi connectivity index (χ4n) is 1.76. The molecule has 2 aromatic carbocycles. The number of rotatable bonds is 3. The summed E-state index contributed by atoms with van der Waals surface area (Å²) >= 11 is 3.32. The molecule has 0 saturated carbocycles. The molecule has 0 amide bonds. The van der Waals surface area contributed by atoms with Crippen molar-refractivity contribution in [2.45, 2.75) is 0 Å². The molecule has 0 unspecified atom stereocenters. The number of hydrogen-bond donors (Lipinski definition) is 0. The van der Waals surface area contributed by atoms with Crippen LogP contribution >= 0.6 is 15.9 Å². The molecule has 20 heavy (non-hydrogen) atoms. The van der Waals surface area contributed by atoms with Crippen molar-refractivity contribution < 1.29 is 4.74 Å². The van der Waals surface area contributed by atoms with Gasteiger partial charge in [0.05, 0.1) is 4.47 Å². The van der Waals surface area contributed by atoms with Gasteiger partial charge in [-0.1, -0.05) is 18.2 Å². The standard InChI is InChI=1S/C16H11BrN2O/c17-13-10-18-16(19-11-13)12-6-8-15(9-7-12)20-14-4-2-1-3-5-14/h1-11H. The van der Waals surface area contributed by atoms with Crippen molar-refractivity contribution in [3.63, 3.8) is 0 Å². The summed E-state index contributed by atoms with van der Waals surface area (Å²) < 4.78 is 6.61. The first-order valence-corrected chi connectivity index (χ1v) is 6.91. The molecule has 1 heterocycles. The van der Waals surface area contributed by atoms with Crippen molar-refractivity contribution >= 4 is 15.9 Å². The van der Waals surface area contributed by atoms with Gasteiger partial charge >= 0.3 is 0 Å². The van der Waals surface area contributed by atoms with E-state index in [0.29, 0.717) is 5.82 Å². The molecular formula is C16H11BrN2O. The summed E-state index contributed by atoms with van der Waals surface area (Å²) in [4.78, 5) is 8.53. The highest BCUT2D eigenvalue weighted by Crippen LogP contribution is 2.24. The van der Waals surface area contributed by atoms with Crippen molar-refractivity contribution in [3.05, 3.63) is 71.5 Å². The molecule has 0 radical (unpaired) electrons. The van der Waals surface area contributed by atoms with E-state index in [4.69, 9.17) is 4.74 Å². The minimum atomic E-state index is 0.694. The molecular weight excluding hydrogens is 316 g/mol. The van der Waals surface area contributed by atoms with Crippen LogP contribution in [0.3, 0.4) is 0 Å². The second-order valence-electron chi connectivity index (χ2n) is 4.16. The van der Waals surface area contributed by atoms with Gasteiger partial charge < -0.3 is 4.74 Å². The van der Waals surface area contributed by atoms with Gasteiger partial charge in [0.15, 0.2) is 5.82 Å². The summed E-state index contributed by atoms with van der Waals surface area (Å²) in [5.74, 6) is 2.30. The molecule has 0 aliphatic rings. The predicted octanol–water partition coefficient (Wildman–Crippen LogP) is 4.70. The highest BCUT2D eigenvalue weighted by molar-refractivity contribution is 9.10. The van der Waals surface area contributed by atoms with Crippen LogP contribution in [0.4, 0.5) is 0 Å². The maximum atomic E-state index is 5.74. The summed E-state index contributed by atoms with van der Waals surface area (Å²) in [7, 11) is 0. The van der Waals surface area contributed by atoms with Gasteiger partial charge in [-0.2, -0.15) is 0 Å². The van der Waals surface area contributed by atoms with Gasteiger partial charge in [0.1, 0.15) is 11.5 Å². The van der Waals surface area contributed by atoms with E-state index in [0.717, 1.165) is 21.5 Å². The fourth-order valence-corrected chi connectivity index (χ4v) is 1.96. The Kier molecular flexibility index (Phi) is 3.74. The molecule has 0 aliphatic heterocycles. The minimum Gasteiger partial charge on any atom is -0.457 e. The van der Waals surface area contributed by atoms with E-state index >= 15 is 0 Å². The minimum absolute atomic E-state index is 0.694. The Morgan fingerprint density at radius 1 is 0.750 bits per heavy atom. The molecule has 0 spiro atoms. The Morgan fingerprint density at radius 2 is 1.35 bits per heavy atom. The van der Waals surface area contributed by atoms with E-state index < -0.39 is 0 Å². The first-order valence-electron chi connectivity index (χ1n) is 6.12. The van der Waals surface area contributed by atoms with Gasteiger partial charge in [0.25, 0.3) is 0 Å². The first kappa shape index (κ1) is 12.8. The number of halogens is 1. The molecule has 4 heteroatoms. The quantitative estimate of drug-likeness (QED) is 0.699. The molecule has 3 nitrogen and oxygen atoms in total. The van der Waals surface area contributed by atoms with E-state index in [1.54, 1.807) is 12.4 Å². The highest BCUT2D eigenvalue weighted by Gasteiger charge is 2.02.